The van der Waals surface area contributed by atoms with Crippen LogP contribution in [0.1, 0.15) is 5.76 Å². The maximum atomic E-state index is 13.3. The monoisotopic (exact) mass is 441 g/mol. The molecule has 5 aromatic rings. The molecule has 32 heavy (non-hydrogen) atoms. The van der Waals surface area contributed by atoms with Crippen molar-refractivity contribution in [2.24, 2.45) is 0 Å². The Morgan fingerprint density at radius 2 is 1.72 bits per heavy atom. The second-order valence-electron chi connectivity index (χ2n) is 7.06. The summed E-state index contributed by atoms with van der Waals surface area (Å²) in [6, 6.07) is 26.5. The number of fused-ring (bicyclic) bond motifs is 1. The van der Waals surface area contributed by atoms with Crippen LogP contribution in [0.4, 0.5) is 0 Å². The van der Waals surface area contributed by atoms with Crippen LogP contribution in [0.3, 0.4) is 0 Å². The van der Waals surface area contributed by atoms with E-state index in [1.54, 1.807) is 17.7 Å². The molecule has 2 aromatic heterocycles. The fourth-order valence-electron chi connectivity index (χ4n) is 3.51. The number of methoxy groups -OCH3 is 1. The van der Waals surface area contributed by atoms with Gasteiger partial charge in [0.05, 0.1) is 29.5 Å². The molecule has 0 bridgehead atoms. The van der Waals surface area contributed by atoms with Gasteiger partial charge in [0.1, 0.15) is 17.2 Å². The van der Waals surface area contributed by atoms with Gasteiger partial charge < -0.3 is 9.26 Å². The average Bonchev–Trinajstić information content (AvgIpc) is 3.32. The summed E-state index contributed by atoms with van der Waals surface area (Å²) in [4.78, 5) is 18.0. The lowest BCUT2D eigenvalue weighted by molar-refractivity contribution is 0.395. The molecule has 6 nitrogen and oxygen atoms in total. The first kappa shape index (κ1) is 20.1. The molecule has 0 aliphatic carbocycles. The van der Waals surface area contributed by atoms with Crippen LogP contribution in [-0.4, -0.2) is 21.8 Å². The van der Waals surface area contributed by atoms with Crippen molar-refractivity contribution >= 4 is 22.7 Å². The highest BCUT2D eigenvalue weighted by Gasteiger charge is 2.16. The van der Waals surface area contributed by atoms with Gasteiger partial charge in [0.2, 0.25) is 0 Å². The molecule has 0 atom stereocenters. The largest absolute Gasteiger partial charge is 0.496 e. The zero-order chi connectivity index (χ0) is 21.9. The molecule has 0 radical (unpaired) electrons. The van der Waals surface area contributed by atoms with Crippen LogP contribution in [0.15, 0.2) is 99.4 Å². The Bertz CT molecular complexity index is 1440. The van der Waals surface area contributed by atoms with E-state index in [-0.39, 0.29) is 5.56 Å². The van der Waals surface area contributed by atoms with Crippen LogP contribution < -0.4 is 10.3 Å². The Morgan fingerprint density at radius 3 is 2.56 bits per heavy atom. The number of rotatable bonds is 6. The SMILES string of the molecule is COc1ccccc1-c1cc(CSc2nc3ccccc3c(=O)n2-c2ccccc2)on1. The van der Waals surface area contributed by atoms with Crippen LogP contribution in [-0.2, 0) is 5.75 Å². The van der Waals surface area contributed by atoms with Gasteiger partial charge in [-0.15, -0.1) is 0 Å². The third kappa shape index (κ3) is 3.78. The van der Waals surface area contributed by atoms with E-state index in [1.807, 2.05) is 78.9 Å². The van der Waals surface area contributed by atoms with E-state index >= 15 is 0 Å². The van der Waals surface area contributed by atoms with E-state index in [9.17, 15) is 4.79 Å². The lowest BCUT2D eigenvalue weighted by Gasteiger charge is -2.12. The van der Waals surface area contributed by atoms with Crippen molar-refractivity contribution in [3.8, 4) is 22.7 Å². The summed E-state index contributed by atoms with van der Waals surface area (Å²) in [6.45, 7) is 0. The molecule has 0 N–H and O–H groups in total. The predicted octanol–water partition coefficient (Wildman–Crippen LogP) is 5.34. The van der Waals surface area contributed by atoms with E-state index in [0.29, 0.717) is 33.3 Å². The number of benzene rings is 3. The summed E-state index contributed by atoms with van der Waals surface area (Å²) in [5.74, 6) is 1.88. The first-order chi connectivity index (χ1) is 15.7. The zero-order valence-corrected chi connectivity index (χ0v) is 18.1. The summed E-state index contributed by atoms with van der Waals surface area (Å²) in [7, 11) is 1.63. The number of ether oxygens (including phenoxy) is 1. The van der Waals surface area contributed by atoms with Gasteiger partial charge >= 0.3 is 0 Å². The second kappa shape index (κ2) is 8.72. The molecule has 0 aliphatic heterocycles. The highest BCUT2D eigenvalue weighted by molar-refractivity contribution is 7.98. The third-order valence-corrected chi connectivity index (χ3v) is 6.01. The minimum atomic E-state index is -0.100. The normalized spacial score (nSPS) is 11.0. The van der Waals surface area contributed by atoms with Crippen molar-refractivity contribution in [2.75, 3.05) is 7.11 Å². The second-order valence-corrected chi connectivity index (χ2v) is 8.00. The molecule has 0 aliphatic rings. The standard InChI is InChI=1S/C25H19N3O3S/c1-30-23-14-8-6-11-19(23)22-15-18(31-27-22)16-32-25-26-21-13-7-5-12-20(21)24(29)28(25)17-9-3-2-4-10-17/h2-15H,16H2,1H3. The predicted molar refractivity (Wildman–Crippen MR) is 125 cm³/mol. The van der Waals surface area contributed by atoms with E-state index in [2.05, 4.69) is 5.16 Å². The van der Waals surface area contributed by atoms with Gasteiger partial charge in [0.25, 0.3) is 5.56 Å². The molecule has 5 rings (SSSR count). The molecule has 0 fully saturated rings. The van der Waals surface area contributed by atoms with Crippen LogP contribution in [0.2, 0.25) is 0 Å². The van der Waals surface area contributed by atoms with Crippen LogP contribution in [0, 0.1) is 0 Å². The van der Waals surface area contributed by atoms with Gasteiger partial charge in [-0.2, -0.15) is 0 Å². The number of thioether (sulfide) groups is 1. The average molecular weight is 442 g/mol. The summed E-state index contributed by atoms with van der Waals surface area (Å²) in [5, 5.41) is 5.37. The zero-order valence-electron chi connectivity index (χ0n) is 17.3. The van der Waals surface area contributed by atoms with Crippen LogP contribution >= 0.6 is 11.8 Å². The molecule has 3 aromatic carbocycles. The fraction of sp³-hybridized carbons (Fsp3) is 0.0800. The van der Waals surface area contributed by atoms with Gasteiger partial charge in [0, 0.05) is 11.6 Å². The molecular formula is C25H19N3O3S. The summed E-state index contributed by atoms with van der Waals surface area (Å²) in [5.41, 5.74) is 2.89. The quantitative estimate of drug-likeness (QED) is 0.262. The Labute approximate surface area is 188 Å². The van der Waals surface area contributed by atoms with Gasteiger partial charge in [-0.25, -0.2) is 4.98 Å². The summed E-state index contributed by atoms with van der Waals surface area (Å²) < 4.78 is 12.6. The van der Waals surface area contributed by atoms with Crippen molar-refractivity contribution in [1.29, 1.82) is 0 Å². The Balaban J connectivity index is 1.50. The van der Waals surface area contributed by atoms with Crippen molar-refractivity contribution in [3.05, 3.63) is 101 Å². The maximum Gasteiger partial charge on any atom is 0.266 e. The van der Waals surface area contributed by atoms with Crippen molar-refractivity contribution in [2.45, 2.75) is 10.9 Å². The molecular weight excluding hydrogens is 422 g/mol. The Kier molecular flexibility index (Phi) is 5.47. The minimum Gasteiger partial charge on any atom is -0.496 e. The highest BCUT2D eigenvalue weighted by atomic mass is 32.2. The minimum absolute atomic E-state index is 0.100. The molecule has 0 saturated carbocycles. The lowest BCUT2D eigenvalue weighted by atomic mass is 10.1. The van der Waals surface area contributed by atoms with E-state index < -0.39 is 0 Å². The number of para-hydroxylation sites is 3. The molecule has 7 heteroatoms. The van der Waals surface area contributed by atoms with Gasteiger partial charge in [-0.3, -0.25) is 9.36 Å². The lowest BCUT2D eigenvalue weighted by Crippen LogP contribution is -2.21. The van der Waals surface area contributed by atoms with Gasteiger partial charge in [0.15, 0.2) is 5.16 Å². The number of hydrogen-bond donors (Lipinski definition) is 0. The topological polar surface area (TPSA) is 70.2 Å². The van der Waals surface area contributed by atoms with Crippen molar-refractivity contribution < 1.29 is 9.26 Å². The van der Waals surface area contributed by atoms with Crippen LogP contribution in [0.25, 0.3) is 27.8 Å². The van der Waals surface area contributed by atoms with E-state index in [0.717, 1.165) is 17.0 Å². The molecule has 0 spiro atoms. The van der Waals surface area contributed by atoms with Crippen molar-refractivity contribution in [3.63, 3.8) is 0 Å². The van der Waals surface area contributed by atoms with Crippen molar-refractivity contribution in [1.82, 2.24) is 14.7 Å². The number of nitrogens with zero attached hydrogens (tertiary/aromatic N) is 3. The highest BCUT2D eigenvalue weighted by Crippen LogP contribution is 2.31. The smallest absolute Gasteiger partial charge is 0.266 e. The van der Waals surface area contributed by atoms with E-state index in [1.165, 1.54) is 11.8 Å². The Hall–Kier alpha value is -3.84. The van der Waals surface area contributed by atoms with Crippen LogP contribution in [0.5, 0.6) is 5.75 Å². The van der Waals surface area contributed by atoms with Gasteiger partial charge in [-0.05, 0) is 36.4 Å². The maximum absolute atomic E-state index is 13.3. The molecule has 2 heterocycles. The fourth-order valence-corrected chi connectivity index (χ4v) is 4.40. The number of aromatic nitrogens is 3. The summed E-state index contributed by atoms with van der Waals surface area (Å²) in [6.07, 6.45) is 0. The Morgan fingerprint density at radius 1 is 0.969 bits per heavy atom. The molecule has 0 amide bonds. The first-order valence-electron chi connectivity index (χ1n) is 10.0. The van der Waals surface area contributed by atoms with Gasteiger partial charge in [-0.1, -0.05) is 59.4 Å². The molecule has 158 valence electrons. The third-order valence-electron chi connectivity index (χ3n) is 5.04. The van der Waals surface area contributed by atoms with E-state index in [4.69, 9.17) is 14.2 Å². The molecule has 0 unspecified atom stereocenters. The number of hydrogen-bond acceptors (Lipinski definition) is 6. The summed E-state index contributed by atoms with van der Waals surface area (Å²) >= 11 is 1.43. The first-order valence-corrected chi connectivity index (χ1v) is 11.0. The molecule has 0 saturated heterocycles.